The second kappa shape index (κ2) is 7.61. The number of anilines is 1. The number of aromatic nitrogens is 3. The first-order valence-corrected chi connectivity index (χ1v) is 10.6. The normalized spacial score (nSPS) is 15.3. The molecule has 1 saturated heterocycles. The fourth-order valence-electron chi connectivity index (χ4n) is 4.72. The molecule has 0 saturated carbocycles. The van der Waals surface area contributed by atoms with Crippen molar-refractivity contribution >= 4 is 27.5 Å². The Kier molecular flexibility index (Phi) is 4.79. The first kappa shape index (κ1) is 18.9. The molecule has 6 nitrogen and oxygen atoms in total. The minimum Gasteiger partial charge on any atom is -0.369 e. The van der Waals surface area contributed by atoms with E-state index in [0.717, 1.165) is 66.6 Å². The molecule has 5 rings (SSSR count). The average molecular weight is 402 g/mol. The van der Waals surface area contributed by atoms with E-state index in [-0.39, 0.29) is 5.56 Å². The molecule has 1 fully saturated rings. The van der Waals surface area contributed by atoms with Crippen molar-refractivity contribution in [3.8, 4) is 0 Å². The molecule has 0 atom stereocenters. The van der Waals surface area contributed by atoms with Crippen molar-refractivity contribution in [2.24, 2.45) is 7.05 Å². The summed E-state index contributed by atoms with van der Waals surface area (Å²) in [7, 11) is 1.88. The minimum absolute atomic E-state index is 0.0428. The highest BCUT2D eigenvalue weighted by atomic mass is 16.1. The molecule has 6 heteroatoms. The van der Waals surface area contributed by atoms with Crippen LogP contribution in [0.3, 0.4) is 0 Å². The van der Waals surface area contributed by atoms with Crippen LogP contribution in [-0.4, -0.2) is 52.4 Å². The number of hydrogen-bond acceptors (Lipinski definition) is 4. The fraction of sp³-hybridized carbons (Fsp3) is 0.333. The van der Waals surface area contributed by atoms with Crippen molar-refractivity contribution in [1.29, 1.82) is 0 Å². The fourth-order valence-corrected chi connectivity index (χ4v) is 4.72. The number of H-pyrrole nitrogens is 1. The van der Waals surface area contributed by atoms with Crippen molar-refractivity contribution in [3.05, 3.63) is 70.1 Å². The number of benzene rings is 2. The second-order valence-corrected chi connectivity index (χ2v) is 8.14. The number of aryl methyl sites for hydroxylation is 2. The van der Waals surface area contributed by atoms with Crippen LogP contribution in [0.2, 0.25) is 0 Å². The third kappa shape index (κ3) is 3.27. The molecule has 1 aliphatic rings. The van der Waals surface area contributed by atoms with Gasteiger partial charge in [0.15, 0.2) is 0 Å². The maximum Gasteiger partial charge on any atom is 0.257 e. The summed E-state index contributed by atoms with van der Waals surface area (Å²) in [5, 5.41) is 7.42. The van der Waals surface area contributed by atoms with E-state index in [4.69, 9.17) is 0 Å². The zero-order valence-corrected chi connectivity index (χ0v) is 17.6. The van der Waals surface area contributed by atoms with Gasteiger partial charge in [-0.2, -0.15) is 5.10 Å². The zero-order chi connectivity index (χ0) is 20.7. The Balaban J connectivity index is 1.38. The molecule has 4 aromatic rings. The molecular formula is C24H27N5O. The van der Waals surface area contributed by atoms with E-state index < -0.39 is 0 Å². The third-order valence-corrected chi connectivity index (χ3v) is 6.29. The summed E-state index contributed by atoms with van der Waals surface area (Å²) in [5.74, 6) is 0. The van der Waals surface area contributed by atoms with E-state index in [2.05, 4.69) is 56.3 Å². The van der Waals surface area contributed by atoms with Crippen LogP contribution in [0.15, 0.2) is 53.3 Å². The second-order valence-electron chi connectivity index (χ2n) is 8.14. The number of fused-ring (bicyclic) bond motifs is 3. The molecule has 0 bridgehead atoms. The Morgan fingerprint density at radius 3 is 2.50 bits per heavy atom. The molecule has 1 aliphatic heterocycles. The lowest BCUT2D eigenvalue weighted by molar-refractivity contribution is 0.261. The highest BCUT2D eigenvalue weighted by molar-refractivity contribution is 6.07. The van der Waals surface area contributed by atoms with Gasteiger partial charge in [-0.15, -0.1) is 0 Å². The molecule has 3 heterocycles. The number of hydrogen-bond donors (Lipinski definition) is 1. The van der Waals surface area contributed by atoms with Crippen molar-refractivity contribution < 1.29 is 0 Å². The number of nitrogens with zero attached hydrogens (tertiary/aromatic N) is 4. The summed E-state index contributed by atoms with van der Waals surface area (Å²) in [6.45, 7) is 7.22. The van der Waals surface area contributed by atoms with Crippen LogP contribution in [0.25, 0.3) is 21.8 Å². The smallest absolute Gasteiger partial charge is 0.257 e. The Labute approximate surface area is 175 Å². The SMILES string of the molecule is Cc1nn(C)c2[nH]c(=O)c3cccc(CCN4CCN(c5ccccc5)CC4)c3c12. The van der Waals surface area contributed by atoms with Gasteiger partial charge in [-0.05, 0) is 37.1 Å². The Bertz CT molecular complexity index is 1250. The molecule has 0 aliphatic carbocycles. The van der Waals surface area contributed by atoms with Crippen LogP contribution in [-0.2, 0) is 13.5 Å². The van der Waals surface area contributed by atoms with E-state index in [9.17, 15) is 4.79 Å². The lowest BCUT2D eigenvalue weighted by atomic mass is 9.99. The number of pyridine rings is 1. The van der Waals surface area contributed by atoms with E-state index in [1.807, 2.05) is 26.1 Å². The molecule has 0 amide bonds. The van der Waals surface area contributed by atoms with Crippen LogP contribution < -0.4 is 10.5 Å². The Hall–Kier alpha value is -3.12. The summed E-state index contributed by atoms with van der Waals surface area (Å²) in [6, 6.07) is 16.7. The first-order chi connectivity index (χ1) is 14.6. The van der Waals surface area contributed by atoms with Crippen LogP contribution in [0.4, 0.5) is 5.69 Å². The molecular weight excluding hydrogens is 374 g/mol. The molecule has 30 heavy (non-hydrogen) atoms. The van der Waals surface area contributed by atoms with Gasteiger partial charge < -0.3 is 9.88 Å². The molecule has 154 valence electrons. The van der Waals surface area contributed by atoms with Crippen LogP contribution in [0, 0.1) is 6.92 Å². The predicted molar refractivity (Wildman–Crippen MR) is 122 cm³/mol. The first-order valence-electron chi connectivity index (χ1n) is 10.6. The lowest BCUT2D eigenvalue weighted by Gasteiger charge is -2.36. The van der Waals surface area contributed by atoms with Gasteiger partial charge in [-0.1, -0.05) is 30.3 Å². The summed E-state index contributed by atoms with van der Waals surface area (Å²) < 4.78 is 1.77. The van der Waals surface area contributed by atoms with Crippen LogP contribution in [0.1, 0.15) is 11.3 Å². The zero-order valence-electron chi connectivity index (χ0n) is 17.6. The molecule has 0 radical (unpaired) electrons. The average Bonchev–Trinajstić information content (AvgIpc) is 3.06. The van der Waals surface area contributed by atoms with Crippen LogP contribution >= 0.6 is 0 Å². The molecule has 2 aromatic carbocycles. The lowest BCUT2D eigenvalue weighted by Crippen LogP contribution is -2.47. The number of nitrogens with one attached hydrogen (secondary N) is 1. The highest BCUT2D eigenvalue weighted by Gasteiger charge is 2.19. The number of rotatable bonds is 4. The maximum atomic E-state index is 12.7. The molecule has 2 aromatic heterocycles. The quantitative estimate of drug-likeness (QED) is 0.571. The molecule has 0 spiro atoms. The van der Waals surface area contributed by atoms with E-state index in [1.54, 1.807) is 4.68 Å². The van der Waals surface area contributed by atoms with Gasteiger partial charge in [0.25, 0.3) is 5.56 Å². The third-order valence-electron chi connectivity index (χ3n) is 6.29. The maximum absolute atomic E-state index is 12.7. The summed E-state index contributed by atoms with van der Waals surface area (Å²) in [5.41, 5.74) is 4.25. The summed E-state index contributed by atoms with van der Waals surface area (Å²) >= 11 is 0. The van der Waals surface area contributed by atoms with E-state index in [0.29, 0.717) is 0 Å². The van der Waals surface area contributed by atoms with Gasteiger partial charge in [-0.25, -0.2) is 0 Å². The summed E-state index contributed by atoms with van der Waals surface area (Å²) in [4.78, 5) is 20.7. The van der Waals surface area contributed by atoms with Gasteiger partial charge in [-0.3, -0.25) is 14.4 Å². The minimum atomic E-state index is -0.0428. The number of aromatic amines is 1. The van der Waals surface area contributed by atoms with Crippen molar-refractivity contribution in [3.63, 3.8) is 0 Å². The Morgan fingerprint density at radius 1 is 0.967 bits per heavy atom. The van der Waals surface area contributed by atoms with Gasteiger partial charge in [0.1, 0.15) is 5.65 Å². The highest BCUT2D eigenvalue weighted by Crippen LogP contribution is 2.27. The predicted octanol–water partition coefficient (Wildman–Crippen LogP) is 3.09. The monoisotopic (exact) mass is 401 g/mol. The van der Waals surface area contributed by atoms with Gasteiger partial charge in [0.05, 0.1) is 5.69 Å². The molecule has 1 N–H and O–H groups in total. The topological polar surface area (TPSA) is 57.2 Å². The van der Waals surface area contributed by atoms with Crippen LogP contribution in [0.5, 0.6) is 0 Å². The van der Waals surface area contributed by atoms with Crippen molar-refractivity contribution in [1.82, 2.24) is 19.7 Å². The standard InChI is InChI=1S/C24H27N5O/c1-17-21-22-18(7-6-10-20(22)24(30)25-23(21)27(2)26-17)11-12-28-13-15-29(16-14-28)19-8-4-3-5-9-19/h3-10H,11-16H2,1-2H3,(H,25,30). The van der Waals surface area contributed by atoms with Crippen molar-refractivity contribution in [2.75, 3.05) is 37.6 Å². The molecule has 0 unspecified atom stereocenters. The largest absolute Gasteiger partial charge is 0.369 e. The van der Waals surface area contributed by atoms with Gasteiger partial charge in [0.2, 0.25) is 0 Å². The van der Waals surface area contributed by atoms with Gasteiger partial charge >= 0.3 is 0 Å². The summed E-state index contributed by atoms with van der Waals surface area (Å²) in [6.07, 6.45) is 0.926. The number of para-hydroxylation sites is 1. The van der Waals surface area contributed by atoms with E-state index in [1.165, 1.54) is 11.3 Å². The van der Waals surface area contributed by atoms with Crippen molar-refractivity contribution in [2.45, 2.75) is 13.3 Å². The number of piperazine rings is 1. The Morgan fingerprint density at radius 2 is 1.73 bits per heavy atom. The van der Waals surface area contributed by atoms with Gasteiger partial charge in [0, 0.05) is 61.6 Å². The van der Waals surface area contributed by atoms with E-state index >= 15 is 0 Å².